The number of likely N-dealkylation sites (tertiary alicyclic amines) is 1. The van der Waals surface area contributed by atoms with E-state index in [2.05, 4.69) is 10.6 Å². The molecule has 3 N–H and O–H groups in total. The first-order valence-electron chi connectivity index (χ1n) is 16.6. The lowest BCUT2D eigenvalue weighted by Crippen LogP contribution is -2.58. The average molecular weight is 654 g/mol. The van der Waals surface area contributed by atoms with E-state index in [4.69, 9.17) is 4.74 Å². The zero-order valence-electron chi connectivity index (χ0n) is 27.2. The Morgan fingerprint density at radius 1 is 1.06 bits per heavy atom. The van der Waals surface area contributed by atoms with Crippen molar-refractivity contribution >= 4 is 29.9 Å². The Kier molecular flexibility index (Phi) is 8.69. The van der Waals surface area contributed by atoms with Gasteiger partial charge in [-0.1, -0.05) is 37.1 Å². The van der Waals surface area contributed by atoms with E-state index < -0.39 is 53.0 Å². The molecule has 13 heteroatoms. The number of nitrogens with one attached hydrogen (secondary N) is 2. The number of ether oxygens (including phenoxy) is 1. The van der Waals surface area contributed by atoms with Crippen LogP contribution in [0.2, 0.25) is 0 Å². The summed E-state index contributed by atoms with van der Waals surface area (Å²) in [7, 11) is 0. The number of carboxylic acids is 1. The van der Waals surface area contributed by atoms with Crippen LogP contribution in [0.5, 0.6) is 0 Å². The summed E-state index contributed by atoms with van der Waals surface area (Å²) in [6.07, 6.45) is 6.68. The van der Waals surface area contributed by atoms with Gasteiger partial charge in [0.05, 0.1) is 6.54 Å². The van der Waals surface area contributed by atoms with Crippen LogP contribution >= 0.6 is 0 Å². The number of aliphatic carboxylic acids is 1. The van der Waals surface area contributed by atoms with Crippen LogP contribution in [0.15, 0.2) is 30.4 Å². The molecule has 3 fully saturated rings. The van der Waals surface area contributed by atoms with Gasteiger partial charge in [0.2, 0.25) is 11.8 Å². The van der Waals surface area contributed by atoms with Gasteiger partial charge < -0.3 is 35.2 Å². The normalized spacial score (nSPS) is 31.4. The van der Waals surface area contributed by atoms with Crippen molar-refractivity contribution in [3.8, 4) is 0 Å². The molecule has 12 nitrogen and oxygen atoms in total. The molecular formula is C34H44FN5O7. The molecule has 1 aromatic carbocycles. The molecule has 0 aromatic heterocycles. The van der Waals surface area contributed by atoms with E-state index in [0.29, 0.717) is 18.4 Å². The fourth-order valence-corrected chi connectivity index (χ4v) is 7.69. The van der Waals surface area contributed by atoms with E-state index in [0.717, 1.165) is 24.8 Å². The first kappa shape index (κ1) is 32.8. The van der Waals surface area contributed by atoms with Gasteiger partial charge in [0.1, 0.15) is 29.0 Å². The van der Waals surface area contributed by atoms with Gasteiger partial charge in [0.15, 0.2) is 0 Å². The van der Waals surface area contributed by atoms with Gasteiger partial charge in [-0.2, -0.15) is 0 Å². The molecule has 1 aromatic rings. The van der Waals surface area contributed by atoms with Crippen molar-refractivity contribution in [2.75, 3.05) is 19.6 Å². The van der Waals surface area contributed by atoms with Crippen molar-refractivity contribution < 1.29 is 38.2 Å². The summed E-state index contributed by atoms with van der Waals surface area (Å²) in [5, 5.41) is 15.7. The number of fused-ring (bicyclic) bond motifs is 5. The highest BCUT2D eigenvalue weighted by Gasteiger charge is 2.63. The Bertz CT molecular complexity index is 1490. The summed E-state index contributed by atoms with van der Waals surface area (Å²) >= 11 is 0. The zero-order valence-corrected chi connectivity index (χ0v) is 27.2. The van der Waals surface area contributed by atoms with Crippen molar-refractivity contribution in [1.82, 2.24) is 25.3 Å². The van der Waals surface area contributed by atoms with Crippen LogP contribution in [-0.2, 0) is 32.2 Å². The van der Waals surface area contributed by atoms with Crippen molar-refractivity contribution in [3.05, 3.63) is 47.3 Å². The Morgan fingerprint density at radius 2 is 1.85 bits per heavy atom. The monoisotopic (exact) mass is 653 g/mol. The number of carbonyl (C=O) groups excluding carboxylic acids is 4. The van der Waals surface area contributed by atoms with Crippen LogP contribution in [0.25, 0.3) is 0 Å². The van der Waals surface area contributed by atoms with Gasteiger partial charge in [-0.3, -0.25) is 9.59 Å². The van der Waals surface area contributed by atoms with E-state index in [1.807, 2.05) is 12.2 Å². The highest BCUT2D eigenvalue weighted by atomic mass is 19.1. The lowest BCUT2D eigenvalue weighted by atomic mass is 9.93. The number of amides is 5. The van der Waals surface area contributed by atoms with Gasteiger partial charge in [-0.25, -0.2) is 18.8 Å². The van der Waals surface area contributed by atoms with Gasteiger partial charge in [-0.15, -0.1) is 0 Å². The average Bonchev–Trinajstić information content (AvgIpc) is 3.30. The molecule has 0 bridgehead atoms. The van der Waals surface area contributed by atoms with Gasteiger partial charge >= 0.3 is 18.1 Å². The highest BCUT2D eigenvalue weighted by molar-refractivity contribution is 5.96. The first-order valence-corrected chi connectivity index (χ1v) is 16.6. The van der Waals surface area contributed by atoms with E-state index in [9.17, 15) is 33.5 Å². The van der Waals surface area contributed by atoms with Crippen LogP contribution in [-0.4, -0.2) is 92.6 Å². The van der Waals surface area contributed by atoms with Crippen molar-refractivity contribution in [2.24, 2.45) is 17.8 Å². The SMILES string of the molecule is CC(C)(C)OC(=O)N[C@@H]1CCCCC/C=C\[C@@H]2C[C@@]2(C(=O)O)NC(=O)[C@@H]2[C@H]3CN(C(=O)N4Cc5cccc(F)c5C4)C[C@H]3CN2C1=O. The number of nitrogens with zero attached hydrogens (tertiary/aromatic N) is 3. The number of urea groups is 1. The molecule has 0 unspecified atom stereocenters. The van der Waals surface area contributed by atoms with Crippen molar-refractivity contribution in [1.29, 1.82) is 0 Å². The summed E-state index contributed by atoms with van der Waals surface area (Å²) in [4.78, 5) is 72.0. The van der Waals surface area contributed by atoms with Crippen LogP contribution in [0, 0.1) is 23.6 Å². The third kappa shape index (κ3) is 6.53. The van der Waals surface area contributed by atoms with Crippen molar-refractivity contribution in [2.45, 2.75) is 95.6 Å². The Balaban J connectivity index is 1.25. The molecule has 4 aliphatic heterocycles. The van der Waals surface area contributed by atoms with Gasteiger partial charge in [0, 0.05) is 49.5 Å². The molecule has 47 heavy (non-hydrogen) atoms. The standard InChI is InChI=1S/C34H44FN5O7/c1-33(2,3)47-31(45)36-26-13-8-6-4-5-7-11-22-14-34(22,30(43)44)37-28(41)27-24-19-39(16-21(24)17-40(27)29(26)42)32(46)38-15-20-10-9-12-25(35)23(20)18-38/h7,9-12,21-22,24,26-27H,4-6,8,13-19H2,1-3H3,(H,36,45)(H,37,41)(H,43,44)/b11-7-/t21-,22+,24-,26+,27-,34+/m0/s1. The third-order valence-electron chi connectivity index (χ3n) is 10.1. The summed E-state index contributed by atoms with van der Waals surface area (Å²) in [5.74, 6) is -3.58. The maximum atomic E-state index is 14.4. The topological polar surface area (TPSA) is 149 Å². The Morgan fingerprint density at radius 3 is 2.57 bits per heavy atom. The molecule has 254 valence electrons. The lowest BCUT2D eigenvalue weighted by molar-refractivity contribution is -0.146. The number of allylic oxidation sites excluding steroid dienone is 1. The maximum Gasteiger partial charge on any atom is 0.408 e. The molecule has 2 saturated heterocycles. The minimum atomic E-state index is -1.46. The number of rotatable bonds is 2. The van der Waals surface area contributed by atoms with E-state index >= 15 is 0 Å². The first-order chi connectivity index (χ1) is 22.3. The van der Waals surface area contributed by atoms with Gasteiger partial charge in [-0.05, 0) is 58.1 Å². The molecule has 4 heterocycles. The largest absolute Gasteiger partial charge is 0.479 e. The molecule has 6 rings (SSSR count). The second-order valence-corrected chi connectivity index (χ2v) is 14.6. The molecule has 5 amide bonds. The molecule has 0 radical (unpaired) electrons. The van der Waals surface area contributed by atoms with E-state index in [-0.39, 0.29) is 62.8 Å². The number of hydrogen-bond donors (Lipinski definition) is 3. The number of alkyl carbamates (subject to hydrolysis) is 1. The number of benzene rings is 1. The molecule has 1 saturated carbocycles. The third-order valence-corrected chi connectivity index (χ3v) is 10.1. The van der Waals surface area contributed by atoms with Gasteiger partial charge in [0.25, 0.3) is 0 Å². The van der Waals surface area contributed by atoms with E-state index in [1.54, 1.807) is 42.7 Å². The molecule has 6 atom stereocenters. The zero-order chi connectivity index (χ0) is 33.7. The van der Waals surface area contributed by atoms with E-state index in [1.165, 1.54) is 11.0 Å². The Hall–Kier alpha value is -4.16. The quantitative estimate of drug-likeness (QED) is 0.415. The minimum Gasteiger partial charge on any atom is -0.479 e. The summed E-state index contributed by atoms with van der Waals surface area (Å²) in [6.45, 7) is 6.24. The fourth-order valence-electron chi connectivity index (χ4n) is 7.69. The number of carbonyl (C=O) groups is 5. The second-order valence-electron chi connectivity index (χ2n) is 14.6. The smallest absolute Gasteiger partial charge is 0.408 e. The van der Waals surface area contributed by atoms with Crippen LogP contribution in [0.4, 0.5) is 14.0 Å². The molecule has 0 spiro atoms. The van der Waals surface area contributed by atoms with Crippen LogP contribution in [0.3, 0.4) is 0 Å². The number of carboxylic acid groups (broad SMARTS) is 1. The summed E-state index contributed by atoms with van der Waals surface area (Å²) in [6, 6.07) is 2.53. The van der Waals surface area contributed by atoms with Crippen LogP contribution < -0.4 is 10.6 Å². The summed E-state index contributed by atoms with van der Waals surface area (Å²) in [5.41, 5.74) is -0.995. The second kappa shape index (κ2) is 12.5. The molecule has 1 aliphatic carbocycles. The predicted octanol–water partition coefficient (Wildman–Crippen LogP) is 3.39. The number of hydrogen-bond acceptors (Lipinski definition) is 6. The lowest BCUT2D eigenvalue weighted by Gasteiger charge is -2.33. The fraction of sp³-hybridized carbons (Fsp3) is 0.618. The Labute approximate surface area is 273 Å². The summed E-state index contributed by atoms with van der Waals surface area (Å²) < 4.78 is 19.9. The predicted molar refractivity (Wildman–Crippen MR) is 167 cm³/mol. The van der Waals surface area contributed by atoms with Crippen LogP contribution in [0.1, 0.15) is 70.4 Å². The highest BCUT2D eigenvalue weighted by Crippen LogP contribution is 2.46. The minimum absolute atomic E-state index is 0.148. The molecule has 5 aliphatic rings. The molecular weight excluding hydrogens is 609 g/mol. The maximum absolute atomic E-state index is 14.4. The number of halogens is 1. The van der Waals surface area contributed by atoms with Crippen molar-refractivity contribution in [3.63, 3.8) is 0 Å².